The van der Waals surface area contributed by atoms with Gasteiger partial charge in [-0.25, -0.2) is 4.98 Å². The van der Waals surface area contributed by atoms with Crippen molar-refractivity contribution >= 4 is 34.1 Å². The van der Waals surface area contributed by atoms with Crippen LogP contribution in [0.3, 0.4) is 0 Å². The highest BCUT2D eigenvalue weighted by atomic mass is 32.2. The maximum absolute atomic E-state index is 12.5. The normalized spacial score (nSPS) is 16.0. The lowest BCUT2D eigenvalue weighted by molar-refractivity contribution is -0.116. The number of aryl methyl sites for hydroxylation is 1. The number of carbonyl (C=O) groups is 1. The van der Waals surface area contributed by atoms with Crippen molar-refractivity contribution in [1.29, 1.82) is 0 Å². The van der Waals surface area contributed by atoms with Gasteiger partial charge in [-0.2, -0.15) is 0 Å². The van der Waals surface area contributed by atoms with Crippen molar-refractivity contribution in [3.63, 3.8) is 0 Å². The number of nitrogens with zero attached hydrogens (tertiary/aromatic N) is 2. The van der Waals surface area contributed by atoms with Crippen LogP contribution >= 0.6 is 11.8 Å². The first-order valence-electron chi connectivity index (χ1n) is 8.12. The van der Waals surface area contributed by atoms with E-state index in [-0.39, 0.29) is 23.9 Å². The monoisotopic (exact) mass is 351 g/mol. The molecule has 1 atom stereocenters. The number of carbonyl (C=O) groups excluding carboxylic acids is 1. The van der Waals surface area contributed by atoms with Gasteiger partial charge in [0.15, 0.2) is 5.16 Å². The minimum absolute atomic E-state index is 0.0875. The number of hydrogen-bond donors (Lipinski definition) is 1. The molecule has 1 N–H and O–H groups in total. The third-order valence-corrected chi connectivity index (χ3v) is 5.40. The number of thioether (sulfide) groups is 1. The van der Waals surface area contributed by atoms with Gasteiger partial charge in [-0.05, 0) is 18.4 Å². The molecule has 1 amide bonds. The van der Waals surface area contributed by atoms with E-state index in [9.17, 15) is 9.59 Å². The standard InChI is InChI=1S/C19H17N3O2S/c1-12-9-18(24)22-14(11-25-19(22)20-12)10-17(23)21-16-8-4-6-13-5-2-3-7-15(13)16/h2-9,14H,10-11H2,1H3,(H,21,23). The number of anilines is 1. The van der Waals surface area contributed by atoms with Gasteiger partial charge in [-0.3, -0.25) is 14.2 Å². The first kappa shape index (κ1) is 15.9. The Bertz CT molecular complexity index is 1020. The molecule has 0 radical (unpaired) electrons. The van der Waals surface area contributed by atoms with Gasteiger partial charge in [0.05, 0.1) is 6.04 Å². The molecular weight excluding hydrogens is 334 g/mol. The van der Waals surface area contributed by atoms with Crippen LogP contribution in [0.1, 0.15) is 18.2 Å². The van der Waals surface area contributed by atoms with Gasteiger partial charge in [-0.1, -0.05) is 48.2 Å². The second-order valence-electron chi connectivity index (χ2n) is 6.13. The zero-order valence-corrected chi connectivity index (χ0v) is 14.5. The fourth-order valence-electron chi connectivity index (χ4n) is 3.16. The van der Waals surface area contributed by atoms with Crippen LogP contribution in [-0.2, 0) is 4.79 Å². The zero-order valence-electron chi connectivity index (χ0n) is 13.7. The molecule has 1 aliphatic rings. The molecule has 2 aromatic carbocycles. The average molecular weight is 351 g/mol. The first-order chi connectivity index (χ1) is 12.1. The van der Waals surface area contributed by atoms with Crippen molar-refractivity contribution in [2.24, 2.45) is 0 Å². The molecule has 1 unspecified atom stereocenters. The average Bonchev–Trinajstić information content (AvgIpc) is 2.98. The second kappa shape index (κ2) is 6.37. The lowest BCUT2D eigenvalue weighted by Crippen LogP contribution is -2.27. The first-order valence-corrected chi connectivity index (χ1v) is 9.11. The summed E-state index contributed by atoms with van der Waals surface area (Å²) in [5.74, 6) is 0.594. The minimum atomic E-state index is -0.157. The molecule has 2 heterocycles. The van der Waals surface area contributed by atoms with Crippen LogP contribution in [0.2, 0.25) is 0 Å². The summed E-state index contributed by atoms with van der Waals surface area (Å²) in [5.41, 5.74) is 1.42. The number of nitrogens with one attached hydrogen (secondary N) is 1. The SMILES string of the molecule is Cc1cc(=O)n2c(n1)SCC2CC(=O)Nc1cccc2ccccc12. The maximum atomic E-state index is 12.5. The van der Waals surface area contributed by atoms with E-state index < -0.39 is 0 Å². The Morgan fingerprint density at radius 2 is 2.08 bits per heavy atom. The highest BCUT2D eigenvalue weighted by Crippen LogP contribution is 2.32. The lowest BCUT2D eigenvalue weighted by atomic mass is 10.1. The molecule has 5 nitrogen and oxygen atoms in total. The van der Waals surface area contributed by atoms with Crippen LogP contribution in [0.25, 0.3) is 10.8 Å². The Morgan fingerprint density at radius 3 is 2.96 bits per heavy atom. The van der Waals surface area contributed by atoms with Crippen molar-refractivity contribution in [1.82, 2.24) is 9.55 Å². The van der Waals surface area contributed by atoms with E-state index in [0.717, 1.165) is 16.5 Å². The Balaban J connectivity index is 1.56. The summed E-state index contributed by atoms with van der Waals surface area (Å²) in [5, 5.41) is 5.78. The van der Waals surface area contributed by atoms with Crippen molar-refractivity contribution in [2.75, 3.05) is 11.1 Å². The smallest absolute Gasteiger partial charge is 0.254 e. The van der Waals surface area contributed by atoms with Crippen molar-refractivity contribution in [3.8, 4) is 0 Å². The molecule has 0 aliphatic carbocycles. The Labute approximate surface area is 149 Å². The van der Waals surface area contributed by atoms with Gasteiger partial charge in [0, 0.05) is 35.0 Å². The van der Waals surface area contributed by atoms with E-state index in [2.05, 4.69) is 10.3 Å². The molecule has 0 saturated carbocycles. The van der Waals surface area contributed by atoms with Gasteiger partial charge in [0.2, 0.25) is 5.91 Å². The summed E-state index contributed by atoms with van der Waals surface area (Å²) in [6.45, 7) is 1.81. The number of aromatic nitrogens is 2. The number of fused-ring (bicyclic) bond motifs is 2. The predicted octanol–water partition coefficient (Wildman–Crippen LogP) is 3.38. The van der Waals surface area contributed by atoms with Gasteiger partial charge in [0.25, 0.3) is 5.56 Å². The molecule has 0 saturated heterocycles. The third kappa shape index (κ3) is 3.05. The topological polar surface area (TPSA) is 64.0 Å². The molecule has 3 aromatic rings. The molecule has 4 rings (SSSR count). The van der Waals surface area contributed by atoms with E-state index >= 15 is 0 Å². The van der Waals surface area contributed by atoms with Crippen LogP contribution in [0.15, 0.2) is 58.5 Å². The van der Waals surface area contributed by atoms with Crippen molar-refractivity contribution in [2.45, 2.75) is 24.5 Å². The number of amides is 1. The van der Waals surface area contributed by atoms with E-state index in [1.807, 2.05) is 49.4 Å². The second-order valence-corrected chi connectivity index (χ2v) is 7.12. The quantitative estimate of drug-likeness (QED) is 0.735. The predicted molar refractivity (Wildman–Crippen MR) is 100 cm³/mol. The van der Waals surface area contributed by atoms with E-state index in [1.54, 1.807) is 4.57 Å². The van der Waals surface area contributed by atoms with Crippen molar-refractivity contribution < 1.29 is 4.79 Å². The summed E-state index contributed by atoms with van der Waals surface area (Å²) in [6.07, 6.45) is 0.258. The Kier molecular flexibility index (Phi) is 4.05. The molecule has 126 valence electrons. The van der Waals surface area contributed by atoms with Crippen LogP contribution in [0.5, 0.6) is 0 Å². The molecule has 25 heavy (non-hydrogen) atoms. The fourth-order valence-corrected chi connectivity index (χ4v) is 4.36. The summed E-state index contributed by atoms with van der Waals surface area (Å²) in [4.78, 5) is 29.2. The molecular formula is C19H17N3O2S. The molecule has 0 spiro atoms. The van der Waals surface area contributed by atoms with E-state index in [1.165, 1.54) is 17.8 Å². The van der Waals surface area contributed by atoms with Crippen LogP contribution in [-0.4, -0.2) is 21.2 Å². The molecule has 1 aromatic heterocycles. The van der Waals surface area contributed by atoms with Crippen LogP contribution < -0.4 is 10.9 Å². The molecule has 6 heteroatoms. The maximum Gasteiger partial charge on any atom is 0.254 e. The summed E-state index contributed by atoms with van der Waals surface area (Å²) < 4.78 is 1.64. The van der Waals surface area contributed by atoms with Crippen molar-refractivity contribution in [3.05, 3.63) is 64.6 Å². The highest BCUT2D eigenvalue weighted by molar-refractivity contribution is 7.99. The van der Waals surface area contributed by atoms with Gasteiger partial charge in [-0.15, -0.1) is 0 Å². The number of rotatable bonds is 3. The van der Waals surface area contributed by atoms with Gasteiger partial charge >= 0.3 is 0 Å². The number of benzene rings is 2. The van der Waals surface area contributed by atoms with E-state index in [4.69, 9.17) is 0 Å². The highest BCUT2D eigenvalue weighted by Gasteiger charge is 2.27. The van der Waals surface area contributed by atoms with Crippen LogP contribution in [0, 0.1) is 6.92 Å². The minimum Gasteiger partial charge on any atom is -0.325 e. The Morgan fingerprint density at radius 1 is 1.28 bits per heavy atom. The summed E-state index contributed by atoms with van der Waals surface area (Å²) in [7, 11) is 0. The summed E-state index contributed by atoms with van der Waals surface area (Å²) in [6, 6.07) is 15.1. The molecule has 0 bridgehead atoms. The Hall–Kier alpha value is -2.60. The molecule has 0 fully saturated rings. The fraction of sp³-hybridized carbons (Fsp3) is 0.211. The van der Waals surface area contributed by atoms with Gasteiger partial charge in [0.1, 0.15) is 0 Å². The zero-order chi connectivity index (χ0) is 17.4. The lowest BCUT2D eigenvalue weighted by Gasteiger charge is -2.14. The van der Waals surface area contributed by atoms with E-state index in [0.29, 0.717) is 16.6 Å². The summed E-state index contributed by atoms with van der Waals surface area (Å²) >= 11 is 1.53. The van der Waals surface area contributed by atoms with Crippen LogP contribution in [0.4, 0.5) is 5.69 Å². The number of hydrogen-bond acceptors (Lipinski definition) is 4. The largest absolute Gasteiger partial charge is 0.325 e. The third-order valence-electron chi connectivity index (χ3n) is 4.30. The molecule has 1 aliphatic heterocycles. The van der Waals surface area contributed by atoms with Gasteiger partial charge < -0.3 is 5.32 Å².